The quantitative estimate of drug-likeness (QED) is 0.604. The lowest BCUT2D eigenvalue weighted by Crippen LogP contribution is -2.29. The van der Waals surface area contributed by atoms with Crippen LogP contribution in [0.3, 0.4) is 0 Å². The zero-order chi connectivity index (χ0) is 13.8. The Morgan fingerprint density at radius 1 is 0.895 bits per heavy atom. The molecule has 5 nitrogen and oxygen atoms in total. The molecule has 2 rings (SSSR count). The first-order chi connectivity index (χ1) is 9.06. The van der Waals surface area contributed by atoms with Gasteiger partial charge in [0.2, 0.25) is 0 Å². The Morgan fingerprint density at radius 3 is 1.68 bits per heavy atom. The Labute approximate surface area is 112 Å². The van der Waals surface area contributed by atoms with Crippen molar-refractivity contribution in [1.29, 1.82) is 0 Å². The summed E-state index contributed by atoms with van der Waals surface area (Å²) in [6.07, 6.45) is 4.83. The van der Waals surface area contributed by atoms with Crippen LogP contribution in [0.25, 0.3) is 0 Å². The van der Waals surface area contributed by atoms with Crippen LogP contribution in [0, 0.1) is 0 Å². The number of aliphatic hydroxyl groups excluding tert-OH is 2. The number of aliphatic hydroxyl groups is 2. The molecule has 2 aromatic heterocycles. The second-order valence-corrected chi connectivity index (χ2v) is 4.45. The molecule has 0 saturated heterocycles. The average Bonchev–Trinajstić information content (AvgIpc) is 2.38. The molecule has 0 fully saturated rings. The standard InChI is InChI=1S/C14H18N2O3/c1-15-7-3-5-11(9-15)13(17)19-14(18)12-6-4-8-16(2)10-12/h3-10,13-14,17-18H,1-2H3/q+2. The maximum atomic E-state index is 9.94. The fourth-order valence-corrected chi connectivity index (χ4v) is 1.79. The number of aromatic nitrogens is 2. The maximum absolute atomic E-state index is 9.94. The lowest BCUT2D eigenvalue weighted by atomic mass is 10.2. The van der Waals surface area contributed by atoms with Crippen LogP contribution in [0.1, 0.15) is 23.7 Å². The molecule has 0 saturated carbocycles. The molecule has 2 aromatic rings. The molecule has 0 spiro atoms. The van der Waals surface area contributed by atoms with E-state index in [9.17, 15) is 10.2 Å². The largest absolute Gasteiger partial charge is 0.364 e. The first-order valence-electron chi connectivity index (χ1n) is 5.98. The van der Waals surface area contributed by atoms with Crippen molar-refractivity contribution in [3.63, 3.8) is 0 Å². The third kappa shape index (κ3) is 3.57. The first kappa shape index (κ1) is 13.6. The van der Waals surface area contributed by atoms with Crippen LogP contribution in [0.5, 0.6) is 0 Å². The van der Waals surface area contributed by atoms with Crippen molar-refractivity contribution in [2.45, 2.75) is 12.6 Å². The van der Waals surface area contributed by atoms with Crippen LogP contribution in [0.2, 0.25) is 0 Å². The molecule has 100 valence electrons. The fraction of sp³-hybridized carbons (Fsp3) is 0.286. The second kappa shape index (κ2) is 5.88. The van der Waals surface area contributed by atoms with Gasteiger partial charge in [0.1, 0.15) is 14.1 Å². The third-order valence-corrected chi connectivity index (χ3v) is 2.75. The Morgan fingerprint density at radius 2 is 1.32 bits per heavy atom. The SMILES string of the molecule is C[n+]1cccc(C(O)OC(O)c2ccc[n+](C)c2)c1. The highest BCUT2D eigenvalue weighted by Gasteiger charge is 2.18. The van der Waals surface area contributed by atoms with Crippen LogP contribution in [0.4, 0.5) is 0 Å². The molecule has 0 aliphatic carbocycles. The van der Waals surface area contributed by atoms with Crippen molar-refractivity contribution in [1.82, 2.24) is 0 Å². The van der Waals surface area contributed by atoms with Crippen molar-refractivity contribution in [2.75, 3.05) is 0 Å². The topological polar surface area (TPSA) is 57.5 Å². The molecule has 0 radical (unpaired) electrons. The van der Waals surface area contributed by atoms with Gasteiger partial charge in [0, 0.05) is 12.1 Å². The molecule has 2 N–H and O–H groups in total. The van der Waals surface area contributed by atoms with E-state index in [4.69, 9.17) is 4.74 Å². The van der Waals surface area contributed by atoms with Gasteiger partial charge in [0.25, 0.3) is 0 Å². The number of hydrogen-bond donors (Lipinski definition) is 2. The Kier molecular flexibility index (Phi) is 4.21. The molecular formula is C14H18N2O3+2. The minimum absolute atomic E-state index is 0.587. The van der Waals surface area contributed by atoms with Gasteiger partial charge in [-0.05, 0) is 12.1 Å². The molecule has 2 atom stereocenters. The van der Waals surface area contributed by atoms with E-state index >= 15 is 0 Å². The summed E-state index contributed by atoms with van der Waals surface area (Å²) in [7, 11) is 3.70. The van der Waals surface area contributed by atoms with Gasteiger partial charge in [-0.25, -0.2) is 9.13 Å². The molecule has 0 aromatic carbocycles. The van der Waals surface area contributed by atoms with Crippen molar-refractivity contribution < 1.29 is 24.1 Å². The van der Waals surface area contributed by atoms with Gasteiger partial charge < -0.3 is 14.9 Å². The molecule has 0 bridgehead atoms. The molecule has 2 unspecified atom stereocenters. The van der Waals surface area contributed by atoms with E-state index in [0.29, 0.717) is 11.1 Å². The van der Waals surface area contributed by atoms with Gasteiger partial charge in [-0.3, -0.25) is 0 Å². The molecule has 0 amide bonds. The molecule has 5 heteroatoms. The van der Waals surface area contributed by atoms with Crippen LogP contribution in [-0.4, -0.2) is 10.2 Å². The molecule has 2 heterocycles. The van der Waals surface area contributed by atoms with Crippen molar-refractivity contribution in [3.8, 4) is 0 Å². The Balaban J connectivity index is 2.08. The Bertz CT molecular complexity index is 510. The first-order valence-corrected chi connectivity index (χ1v) is 5.98. The highest BCUT2D eigenvalue weighted by molar-refractivity contribution is 5.09. The highest BCUT2D eigenvalue weighted by atomic mass is 16.7. The zero-order valence-corrected chi connectivity index (χ0v) is 11.0. The minimum Gasteiger partial charge on any atom is -0.364 e. The molecule has 19 heavy (non-hydrogen) atoms. The summed E-state index contributed by atoms with van der Waals surface area (Å²) < 4.78 is 8.82. The second-order valence-electron chi connectivity index (χ2n) is 4.45. The normalized spacial score (nSPS) is 14.1. The van der Waals surface area contributed by atoms with E-state index in [1.807, 2.05) is 26.5 Å². The number of rotatable bonds is 4. The summed E-state index contributed by atoms with van der Waals surface area (Å²) >= 11 is 0. The lowest BCUT2D eigenvalue weighted by Gasteiger charge is -2.15. The summed E-state index contributed by atoms with van der Waals surface area (Å²) in [5.74, 6) is 0. The summed E-state index contributed by atoms with van der Waals surface area (Å²) in [6, 6.07) is 7.08. The number of pyridine rings is 2. The molecule has 0 aliphatic heterocycles. The van der Waals surface area contributed by atoms with Crippen molar-refractivity contribution >= 4 is 0 Å². The predicted octanol–water partition coefficient (Wildman–Crippen LogP) is 0.0342. The lowest BCUT2D eigenvalue weighted by molar-refractivity contribution is -0.672. The van der Waals surface area contributed by atoms with E-state index in [-0.39, 0.29) is 0 Å². The predicted molar refractivity (Wildman–Crippen MR) is 66.2 cm³/mol. The highest BCUT2D eigenvalue weighted by Crippen LogP contribution is 2.21. The van der Waals surface area contributed by atoms with Gasteiger partial charge in [-0.2, -0.15) is 0 Å². The van der Waals surface area contributed by atoms with Gasteiger partial charge in [0.05, 0.1) is 11.1 Å². The average molecular weight is 262 g/mol. The van der Waals surface area contributed by atoms with E-state index < -0.39 is 12.6 Å². The van der Waals surface area contributed by atoms with Crippen LogP contribution in [-0.2, 0) is 18.8 Å². The number of ether oxygens (including phenoxy) is 1. The van der Waals surface area contributed by atoms with Crippen LogP contribution >= 0.6 is 0 Å². The summed E-state index contributed by atoms with van der Waals surface area (Å²) in [4.78, 5) is 0. The van der Waals surface area contributed by atoms with Gasteiger partial charge in [0.15, 0.2) is 37.4 Å². The van der Waals surface area contributed by atoms with Gasteiger partial charge in [-0.15, -0.1) is 0 Å². The molecular weight excluding hydrogens is 244 g/mol. The minimum atomic E-state index is -1.17. The summed E-state index contributed by atoms with van der Waals surface area (Å²) in [5.41, 5.74) is 1.17. The van der Waals surface area contributed by atoms with Gasteiger partial charge >= 0.3 is 0 Å². The zero-order valence-electron chi connectivity index (χ0n) is 11.0. The summed E-state index contributed by atoms with van der Waals surface area (Å²) in [5, 5.41) is 19.9. The van der Waals surface area contributed by atoms with Crippen molar-refractivity contribution in [2.24, 2.45) is 14.1 Å². The van der Waals surface area contributed by atoms with Crippen molar-refractivity contribution in [3.05, 3.63) is 60.2 Å². The maximum Gasteiger partial charge on any atom is 0.190 e. The number of hydrogen-bond acceptors (Lipinski definition) is 3. The number of nitrogens with zero attached hydrogens (tertiary/aromatic N) is 2. The van der Waals surface area contributed by atoms with E-state index in [1.54, 1.807) is 45.8 Å². The molecule has 0 aliphatic rings. The fourth-order valence-electron chi connectivity index (χ4n) is 1.79. The van der Waals surface area contributed by atoms with Crippen LogP contribution in [0.15, 0.2) is 49.1 Å². The van der Waals surface area contributed by atoms with Crippen LogP contribution < -0.4 is 9.13 Å². The Hall–Kier alpha value is -1.82. The summed E-state index contributed by atoms with van der Waals surface area (Å²) in [6.45, 7) is 0. The van der Waals surface area contributed by atoms with E-state index in [0.717, 1.165) is 0 Å². The number of aryl methyl sites for hydroxylation is 2. The third-order valence-electron chi connectivity index (χ3n) is 2.75. The monoisotopic (exact) mass is 262 g/mol. The smallest absolute Gasteiger partial charge is 0.190 e. The van der Waals surface area contributed by atoms with Gasteiger partial charge in [-0.1, -0.05) is 0 Å². The van der Waals surface area contributed by atoms with E-state index in [2.05, 4.69) is 0 Å². The van der Waals surface area contributed by atoms with E-state index in [1.165, 1.54) is 0 Å².